The van der Waals surface area contributed by atoms with Crippen molar-refractivity contribution in [1.82, 2.24) is 20.0 Å². The first-order valence-corrected chi connectivity index (χ1v) is 8.71. The number of benzene rings is 1. The fourth-order valence-electron chi connectivity index (χ4n) is 2.63. The minimum Gasteiger partial charge on any atom is -0.487 e. The number of imidazole rings is 1. The lowest BCUT2D eigenvalue weighted by Gasteiger charge is -2.08. The third kappa shape index (κ3) is 5.07. The Morgan fingerprint density at radius 2 is 1.93 bits per heavy atom. The molecule has 0 saturated heterocycles. The quantitative estimate of drug-likeness (QED) is 0.627. The van der Waals surface area contributed by atoms with Crippen LogP contribution >= 0.6 is 0 Å². The normalized spacial score (nSPS) is 10.6. The molecular formula is C20H22N4O3. The third-order valence-electron chi connectivity index (χ3n) is 3.92. The first-order valence-electron chi connectivity index (χ1n) is 8.71. The van der Waals surface area contributed by atoms with Crippen molar-refractivity contribution in [1.29, 1.82) is 0 Å². The first-order chi connectivity index (χ1) is 13.0. The number of rotatable bonds is 7. The summed E-state index contributed by atoms with van der Waals surface area (Å²) in [6.07, 6.45) is 3.94. The van der Waals surface area contributed by atoms with Crippen molar-refractivity contribution >= 4 is 17.5 Å². The summed E-state index contributed by atoms with van der Waals surface area (Å²) in [5.74, 6) is 0.258. The fourth-order valence-corrected chi connectivity index (χ4v) is 2.63. The second-order valence-electron chi connectivity index (χ2n) is 6.26. The Morgan fingerprint density at radius 1 is 1.11 bits per heavy atom. The van der Waals surface area contributed by atoms with E-state index in [1.165, 1.54) is 6.92 Å². The average Bonchev–Trinajstić information content (AvgIpc) is 3.05. The second kappa shape index (κ2) is 8.35. The van der Waals surface area contributed by atoms with Crippen LogP contribution in [0.3, 0.4) is 0 Å². The maximum atomic E-state index is 12.2. The van der Waals surface area contributed by atoms with Crippen molar-refractivity contribution in [3.63, 3.8) is 0 Å². The summed E-state index contributed by atoms with van der Waals surface area (Å²) >= 11 is 0. The molecule has 0 aliphatic rings. The van der Waals surface area contributed by atoms with Gasteiger partial charge in [0, 0.05) is 38.0 Å². The Morgan fingerprint density at radius 3 is 2.74 bits per heavy atom. The SMILES string of the molecule is CC(=O)NCCNC(=O)c1cccc(OCc2cn3cc(C)ccc3n2)c1. The number of hydrogen-bond donors (Lipinski definition) is 2. The lowest BCUT2D eigenvalue weighted by atomic mass is 10.2. The summed E-state index contributed by atoms with van der Waals surface area (Å²) in [6, 6.07) is 11.0. The van der Waals surface area contributed by atoms with Gasteiger partial charge >= 0.3 is 0 Å². The Bertz CT molecular complexity index is 965. The molecule has 0 atom stereocenters. The molecule has 2 aromatic heterocycles. The minimum atomic E-state index is -0.214. The summed E-state index contributed by atoms with van der Waals surface area (Å²) in [6.45, 7) is 4.54. The molecule has 0 aliphatic carbocycles. The van der Waals surface area contributed by atoms with Gasteiger partial charge in [-0.1, -0.05) is 12.1 Å². The molecule has 0 fully saturated rings. The molecule has 27 heavy (non-hydrogen) atoms. The van der Waals surface area contributed by atoms with Crippen LogP contribution in [0, 0.1) is 6.92 Å². The number of nitrogens with zero attached hydrogens (tertiary/aromatic N) is 2. The molecule has 7 heteroatoms. The van der Waals surface area contributed by atoms with Crippen LogP contribution in [0.25, 0.3) is 5.65 Å². The van der Waals surface area contributed by atoms with Crippen LogP contribution in [0.15, 0.2) is 48.8 Å². The zero-order valence-corrected chi connectivity index (χ0v) is 15.4. The molecule has 0 saturated carbocycles. The molecule has 140 valence electrons. The molecule has 0 bridgehead atoms. The van der Waals surface area contributed by atoms with E-state index in [-0.39, 0.29) is 11.8 Å². The van der Waals surface area contributed by atoms with Gasteiger partial charge in [0.05, 0.1) is 5.69 Å². The van der Waals surface area contributed by atoms with Gasteiger partial charge in [-0.15, -0.1) is 0 Å². The van der Waals surface area contributed by atoms with Gasteiger partial charge in [-0.25, -0.2) is 4.98 Å². The number of fused-ring (bicyclic) bond motifs is 1. The van der Waals surface area contributed by atoms with Gasteiger partial charge in [-0.05, 0) is 36.8 Å². The van der Waals surface area contributed by atoms with Gasteiger partial charge in [-0.2, -0.15) is 0 Å². The number of carbonyl (C=O) groups is 2. The van der Waals surface area contributed by atoms with E-state index in [0.717, 1.165) is 16.9 Å². The number of amides is 2. The fraction of sp³-hybridized carbons (Fsp3) is 0.250. The topological polar surface area (TPSA) is 84.7 Å². The molecule has 2 amide bonds. The summed E-state index contributed by atoms with van der Waals surface area (Å²) in [5, 5.41) is 5.38. The predicted molar refractivity (Wildman–Crippen MR) is 102 cm³/mol. The van der Waals surface area contributed by atoms with Gasteiger partial charge < -0.3 is 19.8 Å². The first kappa shape index (κ1) is 18.4. The van der Waals surface area contributed by atoms with E-state index in [1.54, 1.807) is 24.3 Å². The highest BCUT2D eigenvalue weighted by Crippen LogP contribution is 2.16. The molecule has 3 rings (SSSR count). The highest BCUT2D eigenvalue weighted by Gasteiger charge is 2.08. The number of carbonyl (C=O) groups excluding carboxylic acids is 2. The highest BCUT2D eigenvalue weighted by atomic mass is 16.5. The van der Waals surface area contributed by atoms with Crippen molar-refractivity contribution < 1.29 is 14.3 Å². The molecule has 0 spiro atoms. The van der Waals surface area contributed by atoms with E-state index in [4.69, 9.17) is 4.74 Å². The second-order valence-corrected chi connectivity index (χ2v) is 6.26. The van der Waals surface area contributed by atoms with Crippen LogP contribution in [-0.2, 0) is 11.4 Å². The minimum absolute atomic E-state index is 0.123. The Labute approximate surface area is 157 Å². The zero-order chi connectivity index (χ0) is 19.2. The lowest BCUT2D eigenvalue weighted by molar-refractivity contribution is -0.118. The van der Waals surface area contributed by atoms with Crippen molar-refractivity contribution in [2.45, 2.75) is 20.5 Å². The smallest absolute Gasteiger partial charge is 0.251 e. The van der Waals surface area contributed by atoms with Crippen LogP contribution in [0.4, 0.5) is 0 Å². The molecule has 2 heterocycles. The highest BCUT2D eigenvalue weighted by molar-refractivity contribution is 5.94. The van der Waals surface area contributed by atoms with Crippen LogP contribution in [0.5, 0.6) is 5.75 Å². The van der Waals surface area contributed by atoms with Gasteiger partial charge in [-0.3, -0.25) is 9.59 Å². The molecule has 7 nitrogen and oxygen atoms in total. The number of aryl methyl sites for hydroxylation is 1. The maximum Gasteiger partial charge on any atom is 0.251 e. The maximum absolute atomic E-state index is 12.2. The number of aromatic nitrogens is 2. The lowest BCUT2D eigenvalue weighted by Crippen LogP contribution is -2.33. The van der Waals surface area contributed by atoms with Crippen molar-refractivity contribution in [2.24, 2.45) is 0 Å². The van der Waals surface area contributed by atoms with E-state index < -0.39 is 0 Å². The Kier molecular flexibility index (Phi) is 5.71. The summed E-state index contributed by atoms with van der Waals surface area (Å²) in [4.78, 5) is 27.5. The molecule has 2 N–H and O–H groups in total. The summed E-state index contributed by atoms with van der Waals surface area (Å²) in [7, 11) is 0. The molecule has 3 aromatic rings. The van der Waals surface area contributed by atoms with Crippen molar-refractivity contribution in [2.75, 3.05) is 13.1 Å². The summed E-state index contributed by atoms with van der Waals surface area (Å²) in [5.41, 5.74) is 3.34. The Hall–Kier alpha value is -3.35. The number of pyridine rings is 1. The van der Waals surface area contributed by atoms with Crippen LogP contribution in [0.1, 0.15) is 28.5 Å². The average molecular weight is 366 g/mol. The van der Waals surface area contributed by atoms with E-state index in [1.807, 2.05) is 35.9 Å². The van der Waals surface area contributed by atoms with Crippen molar-refractivity contribution in [3.05, 3.63) is 65.6 Å². The standard InChI is InChI=1S/C20H22N4O3/c1-14-6-7-19-23-17(12-24(19)11-14)13-27-18-5-3-4-16(10-18)20(26)22-9-8-21-15(2)25/h3-7,10-12H,8-9,13H2,1-2H3,(H,21,25)(H,22,26). The molecule has 0 unspecified atom stereocenters. The van der Waals surface area contributed by atoms with Gasteiger partial charge in [0.1, 0.15) is 18.0 Å². The van der Waals surface area contributed by atoms with Gasteiger partial charge in [0.25, 0.3) is 5.91 Å². The van der Waals surface area contributed by atoms with Gasteiger partial charge in [0.15, 0.2) is 0 Å². The van der Waals surface area contributed by atoms with Gasteiger partial charge in [0.2, 0.25) is 5.91 Å². The molecule has 1 aromatic carbocycles. The van der Waals surface area contributed by atoms with E-state index in [9.17, 15) is 9.59 Å². The largest absolute Gasteiger partial charge is 0.487 e. The Balaban J connectivity index is 1.58. The van der Waals surface area contributed by atoms with Crippen molar-refractivity contribution in [3.8, 4) is 5.75 Å². The number of nitrogens with one attached hydrogen (secondary N) is 2. The van der Waals surface area contributed by atoms with E-state index in [2.05, 4.69) is 15.6 Å². The third-order valence-corrected chi connectivity index (χ3v) is 3.92. The number of hydrogen-bond acceptors (Lipinski definition) is 4. The molecule has 0 radical (unpaired) electrons. The zero-order valence-electron chi connectivity index (χ0n) is 15.4. The van der Waals surface area contributed by atoms with Crippen LogP contribution < -0.4 is 15.4 Å². The van der Waals surface area contributed by atoms with Crippen LogP contribution in [0.2, 0.25) is 0 Å². The van der Waals surface area contributed by atoms with E-state index in [0.29, 0.717) is 31.0 Å². The van der Waals surface area contributed by atoms with Crippen LogP contribution in [-0.4, -0.2) is 34.3 Å². The molecular weight excluding hydrogens is 344 g/mol. The predicted octanol–water partition coefficient (Wildman–Crippen LogP) is 2.09. The number of ether oxygens (including phenoxy) is 1. The summed E-state index contributed by atoms with van der Waals surface area (Å²) < 4.78 is 7.75. The monoisotopic (exact) mass is 366 g/mol. The van der Waals surface area contributed by atoms with E-state index >= 15 is 0 Å². The molecule has 0 aliphatic heterocycles.